The first-order valence-corrected chi connectivity index (χ1v) is 7.81. The van der Waals surface area contributed by atoms with E-state index in [4.69, 9.17) is 0 Å². The van der Waals surface area contributed by atoms with Crippen molar-refractivity contribution in [2.24, 2.45) is 0 Å². The number of nitrogens with one attached hydrogen (secondary N) is 2. The van der Waals surface area contributed by atoms with E-state index < -0.39 is 17.3 Å². The first-order valence-electron chi connectivity index (χ1n) is 7.81. The molecule has 1 saturated carbocycles. The van der Waals surface area contributed by atoms with Crippen LogP contribution in [0.4, 0.5) is 19.0 Å². The number of rotatable bonds is 4. The van der Waals surface area contributed by atoms with Gasteiger partial charge in [0.15, 0.2) is 0 Å². The lowest BCUT2D eigenvalue weighted by atomic mass is 9.92. The molecule has 0 aliphatic heterocycles. The zero-order valence-electron chi connectivity index (χ0n) is 13.3. The van der Waals surface area contributed by atoms with E-state index in [1.165, 1.54) is 6.42 Å². The number of carbonyl (C=O) groups is 1. The summed E-state index contributed by atoms with van der Waals surface area (Å²) in [5, 5.41) is 5.90. The summed E-state index contributed by atoms with van der Waals surface area (Å²) in [5.41, 5.74) is -1.65. The molecule has 1 aliphatic rings. The Morgan fingerprint density at radius 1 is 1.17 bits per heavy atom. The molecule has 0 atom stereocenters. The van der Waals surface area contributed by atoms with Gasteiger partial charge in [-0.15, -0.1) is 0 Å². The molecule has 7 heteroatoms. The maximum atomic E-state index is 12.5. The van der Waals surface area contributed by atoms with Crippen LogP contribution in [0.15, 0.2) is 18.3 Å². The number of alkyl halides is 3. The number of amides is 1. The molecule has 0 bridgehead atoms. The molecular formula is C16H22F3N3O. The van der Waals surface area contributed by atoms with Crippen molar-refractivity contribution in [3.8, 4) is 0 Å². The smallest absolute Gasteiger partial charge is 0.309 e. The predicted molar refractivity (Wildman–Crippen MR) is 82.0 cm³/mol. The first-order chi connectivity index (χ1) is 10.7. The summed E-state index contributed by atoms with van der Waals surface area (Å²) < 4.78 is 37.5. The molecule has 0 aromatic carbocycles. The van der Waals surface area contributed by atoms with Crippen molar-refractivity contribution in [1.82, 2.24) is 10.3 Å². The number of pyridine rings is 1. The summed E-state index contributed by atoms with van der Waals surface area (Å²) in [5.74, 6) is -0.197. The van der Waals surface area contributed by atoms with E-state index in [-0.39, 0.29) is 11.7 Å². The van der Waals surface area contributed by atoms with Crippen molar-refractivity contribution in [3.05, 3.63) is 23.9 Å². The van der Waals surface area contributed by atoms with Crippen molar-refractivity contribution in [2.45, 2.75) is 63.7 Å². The van der Waals surface area contributed by atoms with Gasteiger partial charge in [0.05, 0.1) is 11.1 Å². The summed E-state index contributed by atoms with van der Waals surface area (Å²) in [7, 11) is 0. The second-order valence-corrected chi connectivity index (χ2v) is 6.49. The van der Waals surface area contributed by atoms with Crippen molar-refractivity contribution in [2.75, 3.05) is 5.32 Å². The lowest BCUT2D eigenvalue weighted by Gasteiger charge is -2.32. The van der Waals surface area contributed by atoms with Crippen molar-refractivity contribution < 1.29 is 18.0 Å². The van der Waals surface area contributed by atoms with Crippen LogP contribution in [0, 0.1) is 0 Å². The predicted octanol–water partition coefficient (Wildman–Crippen LogP) is 3.74. The Kier molecular flexibility index (Phi) is 5.29. The molecule has 128 valence electrons. The van der Waals surface area contributed by atoms with Gasteiger partial charge in [0.1, 0.15) is 5.82 Å². The third-order valence-corrected chi connectivity index (χ3v) is 4.07. The van der Waals surface area contributed by atoms with Gasteiger partial charge >= 0.3 is 6.18 Å². The van der Waals surface area contributed by atoms with E-state index in [1.807, 2.05) is 0 Å². The van der Waals surface area contributed by atoms with Gasteiger partial charge < -0.3 is 10.6 Å². The minimum Gasteiger partial charge on any atom is -0.309 e. The number of hydrogen-bond acceptors (Lipinski definition) is 3. The minimum absolute atomic E-state index is 0.113. The summed E-state index contributed by atoms with van der Waals surface area (Å²) in [6, 6.07) is 2.37. The van der Waals surface area contributed by atoms with E-state index in [9.17, 15) is 18.0 Å². The van der Waals surface area contributed by atoms with Crippen molar-refractivity contribution in [1.29, 1.82) is 0 Å². The zero-order chi connectivity index (χ0) is 17.1. The maximum absolute atomic E-state index is 12.5. The maximum Gasteiger partial charge on any atom is 0.417 e. The molecule has 0 saturated heterocycles. The van der Waals surface area contributed by atoms with Gasteiger partial charge in [-0.05, 0) is 38.8 Å². The second-order valence-electron chi connectivity index (χ2n) is 6.49. The van der Waals surface area contributed by atoms with Crippen LogP contribution in [0.1, 0.15) is 51.5 Å². The van der Waals surface area contributed by atoms with Crippen LogP contribution in [0.5, 0.6) is 0 Å². The SMILES string of the molecule is CC(C)(NC1CCCCC1)C(=O)Nc1ccc(C(F)(F)F)cn1. The molecule has 1 amide bonds. The summed E-state index contributed by atoms with van der Waals surface area (Å²) in [6.07, 6.45) is 1.88. The molecule has 0 spiro atoms. The molecule has 1 fully saturated rings. The summed E-state index contributed by atoms with van der Waals surface area (Å²) in [4.78, 5) is 16.0. The highest BCUT2D eigenvalue weighted by atomic mass is 19.4. The number of carbonyl (C=O) groups excluding carboxylic acids is 1. The minimum atomic E-state index is -4.43. The van der Waals surface area contributed by atoms with Gasteiger partial charge in [0.25, 0.3) is 0 Å². The molecule has 1 aliphatic carbocycles. The number of nitrogens with zero attached hydrogens (tertiary/aromatic N) is 1. The highest BCUT2D eigenvalue weighted by Gasteiger charge is 2.32. The number of anilines is 1. The van der Waals surface area contributed by atoms with Gasteiger partial charge in [0, 0.05) is 12.2 Å². The largest absolute Gasteiger partial charge is 0.417 e. The lowest BCUT2D eigenvalue weighted by molar-refractivity contribution is -0.137. The number of halogens is 3. The van der Waals surface area contributed by atoms with E-state index in [0.29, 0.717) is 6.04 Å². The van der Waals surface area contributed by atoms with Gasteiger partial charge in [-0.3, -0.25) is 4.79 Å². The Balaban J connectivity index is 1.96. The van der Waals surface area contributed by atoms with Gasteiger partial charge in [0.2, 0.25) is 5.91 Å². The Labute approximate surface area is 133 Å². The molecule has 1 heterocycles. The monoisotopic (exact) mass is 329 g/mol. The third-order valence-electron chi connectivity index (χ3n) is 4.07. The average molecular weight is 329 g/mol. The second kappa shape index (κ2) is 6.86. The van der Waals surface area contributed by atoms with Crippen LogP contribution < -0.4 is 10.6 Å². The van der Waals surface area contributed by atoms with Crippen molar-refractivity contribution in [3.63, 3.8) is 0 Å². The molecule has 0 radical (unpaired) electrons. The van der Waals surface area contributed by atoms with Crippen molar-refractivity contribution >= 4 is 11.7 Å². The van der Waals surface area contributed by atoms with Crippen LogP contribution in [0.3, 0.4) is 0 Å². The molecule has 2 N–H and O–H groups in total. The van der Waals surface area contributed by atoms with E-state index in [2.05, 4.69) is 15.6 Å². The van der Waals surface area contributed by atoms with Crippen LogP contribution in [0.25, 0.3) is 0 Å². The molecule has 2 rings (SSSR count). The Bertz CT molecular complexity index is 534. The van der Waals surface area contributed by atoms with Gasteiger partial charge in [-0.2, -0.15) is 13.2 Å². The Morgan fingerprint density at radius 2 is 1.83 bits per heavy atom. The molecule has 23 heavy (non-hydrogen) atoms. The first kappa shape index (κ1) is 17.7. The molecule has 1 aromatic rings. The third kappa shape index (κ3) is 4.92. The van der Waals surface area contributed by atoms with E-state index in [1.54, 1.807) is 13.8 Å². The van der Waals surface area contributed by atoms with E-state index in [0.717, 1.165) is 44.0 Å². The topological polar surface area (TPSA) is 54.0 Å². The van der Waals surface area contributed by atoms with Gasteiger partial charge in [-0.25, -0.2) is 4.98 Å². The number of hydrogen-bond donors (Lipinski definition) is 2. The molecule has 0 unspecified atom stereocenters. The molecule has 4 nitrogen and oxygen atoms in total. The summed E-state index contributed by atoms with van der Waals surface area (Å²) >= 11 is 0. The highest BCUT2D eigenvalue weighted by Crippen LogP contribution is 2.29. The molecule has 1 aromatic heterocycles. The summed E-state index contributed by atoms with van der Waals surface area (Å²) in [6.45, 7) is 3.53. The van der Waals surface area contributed by atoms with Crippen LogP contribution in [0.2, 0.25) is 0 Å². The van der Waals surface area contributed by atoms with Gasteiger partial charge in [-0.1, -0.05) is 19.3 Å². The Morgan fingerprint density at radius 3 is 2.35 bits per heavy atom. The fourth-order valence-corrected chi connectivity index (χ4v) is 2.73. The standard InChI is InChI=1S/C16H22F3N3O/c1-15(2,22-12-6-4-3-5-7-12)14(23)21-13-9-8-11(10-20-13)16(17,18)19/h8-10,12,22H,3-7H2,1-2H3,(H,20,21,23). The fraction of sp³-hybridized carbons (Fsp3) is 0.625. The van der Waals surface area contributed by atoms with Crippen LogP contribution >= 0.6 is 0 Å². The lowest BCUT2D eigenvalue weighted by Crippen LogP contribution is -2.54. The Hall–Kier alpha value is -1.63. The van der Waals surface area contributed by atoms with Crippen LogP contribution in [-0.4, -0.2) is 22.5 Å². The van der Waals surface area contributed by atoms with E-state index >= 15 is 0 Å². The number of aromatic nitrogens is 1. The quantitative estimate of drug-likeness (QED) is 0.885. The normalized spacial score (nSPS) is 17.1. The zero-order valence-corrected chi connectivity index (χ0v) is 13.3. The highest BCUT2D eigenvalue weighted by molar-refractivity contribution is 5.96. The fourth-order valence-electron chi connectivity index (χ4n) is 2.73. The average Bonchev–Trinajstić information content (AvgIpc) is 2.47. The molecular weight excluding hydrogens is 307 g/mol. The van der Waals surface area contributed by atoms with Crippen LogP contribution in [-0.2, 0) is 11.0 Å².